The van der Waals surface area contributed by atoms with Gasteiger partial charge < -0.3 is 11.1 Å². The van der Waals surface area contributed by atoms with Gasteiger partial charge in [0.2, 0.25) is 0 Å². The summed E-state index contributed by atoms with van der Waals surface area (Å²) in [6, 6.07) is 1.67. The third-order valence-corrected chi connectivity index (χ3v) is 2.48. The molecule has 2 rings (SSSR count). The number of carbonyl (C=O) groups is 1. The fourth-order valence-corrected chi connectivity index (χ4v) is 1.43. The number of nitrogens with zero attached hydrogens (tertiary/aromatic N) is 1. The Balaban J connectivity index is 2.37. The second kappa shape index (κ2) is 4.00. The van der Waals surface area contributed by atoms with E-state index in [1.165, 1.54) is 0 Å². The van der Waals surface area contributed by atoms with Crippen LogP contribution in [0, 0.1) is 15.9 Å². The molecule has 0 atom stereocenters. The van der Waals surface area contributed by atoms with Crippen LogP contribution in [0.3, 0.4) is 0 Å². The Morgan fingerprint density at radius 3 is 2.71 bits per heavy atom. The Labute approximate surface area is 95.8 Å². The number of hydrogen-bond donors (Lipinski definition) is 2. The molecular formula is C10H10FN3O3. The molecule has 1 aliphatic carbocycles. The van der Waals surface area contributed by atoms with Crippen LogP contribution in [-0.2, 0) is 0 Å². The quantitative estimate of drug-likeness (QED) is 0.470. The minimum atomic E-state index is -0.855. The highest BCUT2D eigenvalue weighted by molar-refractivity contribution is 6.01. The van der Waals surface area contributed by atoms with Crippen molar-refractivity contribution in [1.82, 2.24) is 5.32 Å². The summed E-state index contributed by atoms with van der Waals surface area (Å²) in [5.41, 5.74) is 4.39. The average molecular weight is 239 g/mol. The first-order chi connectivity index (χ1) is 7.99. The lowest BCUT2D eigenvalue weighted by Crippen LogP contribution is -2.26. The van der Waals surface area contributed by atoms with E-state index >= 15 is 0 Å². The first-order valence-corrected chi connectivity index (χ1v) is 5.03. The van der Waals surface area contributed by atoms with E-state index < -0.39 is 22.3 Å². The Hall–Kier alpha value is -2.18. The van der Waals surface area contributed by atoms with E-state index in [-0.39, 0.29) is 17.3 Å². The first kappa shape index (κ1) is 11.3. The van der Waals surface area contributed by atoms with Crippen molar-refractivity contribution in [1.29, 1.82) is 0 Å². The van der Waals surface area contributed by atoms with Crippen LogP contribution < -0.4 is 11.1 Å². The van der Waals surface area contributed by atoms with Gasteiger partial charge in [-0.2, -0.15) is 0 Å². The predicted octanol–water partition coefficient (Wildman–Crippen LogP) is 1.21. The van der Waals surface area contributed by atoms with E-state index in [4.69, 9.17) is 5.73 Å². The maximum atomic E-state index is 13.1. The molecule has 0 saturated heterocycles. The SMILES string of the molecule is Nc1c(C(=O)NC2CC2)cc(F)cc1[N+](=O)[O-]. The van der Waals surface area contributed by atoms with E-state index in [1.807, 2.05) is 0 Å². The van der Waals surface area contributed by atoms with Crippen molar-refractivity contribution in [2.75, 3.05) is 5.73 Å². The third-order valence-electron chi connectivity index (χ3n) is 2.48. The Bertz CT molecular complexity index is 500. The van der Waals surface area contributed by atoms with Crippen molar-refractivity contribution in [2.24, 2.45) is 0 Å². The molecule has 6 nitrogen and oxygen atoms in total. The van der Waals surface area contributed by atoms with Crippen molar-refractivity contribution >= 4 is 17.3 Å². The molecule has 0 aromatic heterocycles. The summed E-state index contributed by atoms with van der Waals surface area (Å²) in [5.74, 6) is -1.43. The molecule has 0 bridgehead atoms. The molecule has 17 heavy (non-hydrogen) atoms. The highest BCUT2D eigenvalue weighted by Crippen LogP contribution is 2.27. The topological polar surface area (TPSA) is 98.3 Å². The minimum absolute atomic E-state index is 0.0734. The number of amides is 1. The number of benzene rings is 1. The largest absolute Gasteiger partial charge is 0.393 e. The molecule has 1 aromatic rings. The summed E-state index contributed by atoms with van der Waals surface area (Å²) >= 11 is 0. The Kier molecular flexibility index (Phi) is 2.66. The zero-order valence-electron chi connectivity index (χ0n) is 8.77. The van der Waals surface area contributed by atoms with Crippen LogP contribution in [0.15, 0.2) is 12.1 Å². The smallest absolute Gasteiger partial charge is 0.295 e. The van der Waals surface area contributed by atoms with Crippen LogP contribution in [0.5, 0.6) is 0 Å². The highest BCUT2D eigenvalue weighted by atomic mass is 19.1. The Morgan fingerprint density at radius 2 is 2.18 bits per heavy atom. The number of anilines is 1. The number of hydrogen-bond acceptors (Lipinski definition) is 4. The number of halogens is 1. The van der Waals surface area contributed by atoms with Crippen LogP contribution in [0.2, 0.25) is 0 Å². The maximum Gasteiger partial charge on any atom is 0.295 e. The van der Waals surface area contributed by atoms with Gasteiger partial charge in [-0.25, -0.2) is 4.39 Å². The molecule has 0 radical (unpaired) electrons. The van der Waals surface area contributed by atoms with Crippen LogP contribution in [0.4, 0.5) is 15.8 Å². The summed E-state index contributed by atoms with van der Waals surface area (Å²) in [5, 5.41) is 13.2. The average Bonchev–Trinajstić information content (AvgIpc) is 3.04. The molecule has 1 aromatic carbocycles. The fraction of sp³-hybridized carbons (Fsp3) is 0.300. The molecule has 1 fully saturated rings. The molecule has 3 N–H and O–H groups in total. The summed E-state index contributed by atoms with van der Waals surface area (Å²) in [7, 11) is 0. The Morgan fingerprint density at radius 1 is 1.53 bits per heavy atom. The second-order valence-corrected chi connectivity index (χ2v) is 3.89. The van der Waals surface area contributed by atoms with Crippen LogP contribution in [0.1, 0.15) is 23.2 Å². The van der Waals surface area contributed by atoms with Gasteiger partial charge in [-0.15, -0.1) is 0 Å². The van der Waals surface area contributed by atoms with Crippen molar-refractivity contribution < 1.29 is 14.1 Å². The minimum Gasteiger partial charge on any atom is -0.393 e. The van der Waals surface area contributed by atoms with E-state index in [0.717, 1.165) is 18.9 Å². The molecule has 90 valence electrons. The van der Waals surface area contributed by atoms with E-state index in [9.17, 15) is 19.3 Å². The fourth-order valence-electron chi connectivity index (χ4n) is 1.43. The molecule has 0 spiro atoms. The maximum absolute atomic E-state index is 13.1. The third kappa shape index (κ3) is 2.32. The normalized spacial score (nSPS) is 14.4. The number of nitrogens with one attached hydrogen (secondary N) is 1. The standard InChI is InChI=1S/C10H10FN3O3/c11-5-3-7(10(15)13-6-1-2-6)9(12)8(4-5)14(16)17/h3-4,6H,1-2,12H2,(H,13,15). The molecule has 0 heterocycles. The molecule has 1 aliphatic rings. The number of nitro groups is 1. The second-order valence-electron chi connectivity index (χ2n) is 3.89. The van der Waals surface area contributed by atoms with Crippen molar-refractivity contribution in [2.45, 2.75) is 18.9 Å². The van der Waals surface area contributed by atoms with Gasteiger partial charge in [0.15, 0.2) is 0 Å². The van der Waals surface area contributed by atoms with E-state index in [0.29, 0.717) is 6.07 Å². The monoisotopic (exact) mass is 239 g/mol. The molecule has 0 unspecified atom stereocenters. The molecule has 0 aliphatic heterocycles. The van der Waals surface area contributed by atoms with Crippen molar-refractivity contribution in [3.63, 3.8) is 0 Å². The number of nitrogens with two attached hydrogens (primary N) is 1. The first-order valence-electron chi connectivity index (χ1n) is 5.03. The van der Waals surface area contributed by atoms with E-state index in [1.54, 1.807) is 0 Å². The van der Waals surface area contributed by atoms with Crippen LogP contribution in [-0.4, -0.2) is 16.9 Å². The number of nitro benzene ring substituents is 1. The summed E-state index contributed by atoms with van der Waals surface area (Å²) in [6.45, 7) is 0. The molecular weight excluding hydrogens is 229 g/mol. The van der Waals surface area contributed by atoms with Gasteiger partial charge in [0.25, 0.3) is 11.6 Å². The number of rotatable bonds is 3. The lowest BCUT2D eigenvalue weighted by Gasteiger charge is -2.07. The molecule has 1 saturated carbocycles. The molecule has 7 heteroatoms. The van der Waals surface area contributed by atoms with Gasteiger partial charge in [0.1, 0.15) is 11.5 Å². The van der Waals surface area contributed by atoms with E-state index in [2.05, 4.69) is 5.32 Å². The number of carbonyl (C=O) groups excluding carboxylic acids is 1. The van der Waals surface area contributed by atoms with Crippen LogP contribution in [0.25, 0.3) is 0 Å². The lowest BCUT2D eigenvalue weighted by molar-refractivity contribution is -0.384. The van der Waals surface area contributed by atoms with Crippen LogP contribution >= 0.6 is 0 Å². The van der Waals surface area contributed by atoms with Gasteiger partial charge in [-0.1, -0.05) is 0 Å². The lowest BCUT2D eigenvalue weighted by atomic mass is 10.1. The zero-order valence-corrected chi connectivity index (χ0v) is 8.77. The highest BCUT2D eigenvalue weighted by Gasteiger charge is 2.27. The van der Waals surface area contributed by atoms with Gasteiger partial charge in [-0.3, -0.25) is 14.9 Å². The van der Waals surface area contributed by atoms with Gasteiger partial charge >= 0.3 is 0 Å². The van der Waals surface area contributed by atoms with Gasteiger partial charge in [0.05, 0.1) is 16.6 Å². The summed E-state index contributed by atoms with van der Waals surface area (Å²) < 4.78 is 13.1. The summed E-state index contributed by atoms with van der Waals surface area (Å²) in [4.78, 5) is 21.5. The molecule has 1 amide bonds. The number of nitrogen functional groups attached to an aromatic ring is 1. The van der Waals surface area contributed by atoms with Gasteiger partial charge in [-0.05, 0) is 18.9 Å². The predicted molar refractivity (Wildman–Crippen MR) is 58.0 cm³/mol. The zero-order chi connectivity index (χ0) is 12.6. The summed E-state index contributed by atoms with van der Waals surface area (Å²) in [6.07, 6.45) is 1.73. The van der Waals surface area contributed by atoms with Gasteiger partial charge in [0, 0.05) is 6.04 Å². The van der Waals surface area contributed by atoms with Crippen molar-refractivity contribution in [3.05, 3.63) is 33.6 Å². The van der Waals surface area contributed by atoms with Crippen molar-refractivity contribution in [3.8, 4) is 0 Å².